The van der Waals surface area contributed by atoms with Gasteiger partial charge in [0.25, 0.3) is 0 Å². The van der Waals surface area contributed by atoms with E-state index < -0.39 is 0 Å². The first-order chi connectivity index (χ1) is 11.3. The van der Waals surface area contributed by atoms with Crippen molar-refractivity contribution in [2.75, 3.05) is 31.6 Å². The maximum atomic E-state index is 4.83. The van der Waals surface area contributed by atoms with Crippen molar-refractivity contribution in [2.24, 2.45) is 4.99 Å². The number of unbranched alkanes of at least 4 members (excludes halogenated alkanes) is 1. The SMILES string of the molecule is CCNC(=NCC1(Sc2ccccc2)CC1)NCCCCSC.I. The lowest BCUT2D eigenvalue weighted by molar-refractivity contribution is 0.731. The van der Waals surface area contributed by atoms with Gasteiger partial charge in [-0.1, -0.05) is 18.2 Å². The van der Waals surface area contributed by atoms with Gasteiger partial charge in [0.05, 0.1) is 6.54 Å². The number of hydrogen-bond donors (Lipinski definition) is 2. The van der Waals surface area contributed by atoms with Crippen LogP contribution in [0.1, 0.15) is 32.6 Å². The molecule has 1 saturated carbocycles. The zero-order chi connectivity index (χ0) is 16.4. The Balaban J connectivity index is 0.00000288. The van der Waals surface area contributed by atoms with Gasteiger partial charge >= 0.3 is 0 Å². The van der Waals surface area contributed by atoms with E-state index in [1.54, 1.807) is 0 Å². The summed E-state index contributed by atoms with van der Waals surface area (Å²) in [6, 6.07) is 10.7. The van der Waals surface area contributed by atoms with Crippen LogP contribution in [0.3, 0.4) is 0 Å². The maximum absolute atomic E-state index is 4.83. The predicted molar refractivity (Wildman–Crippen MR) is 121 cm³/mol. The van der Waals surface area contributed by atoms with Gasteiger partial charge in [0.2, 0.25) is 0 Å². The van der Waals surface area contributed by atoms with Gasteiger partial charge in [-0.05, 0) is 56.7 Å². The van der Waals surface area contributed by atoms with Crippen LogP contribution in [0, 0.1) is 0 Å². The molecule has 0 spiro atoms. The third-order valence-corrected chi connectivity index (χ3v) is 6.00. The smallest absolute Gasteiger partial charge is 0.191 e. The fraction of sp³-hybridized carbons (Fsp3) is 0.611. The molecule has 3 nitrogen and oxygen atoms in total. The van der Waals surface area contributed by atoms with Crippen molar-refractivity contribution in [3.05, 3.63) is 30.3 Å². The topological polar surface area (TPSA) is 36.4 Å². The van der Waals surface area contributed by atoms with Crippen molar-refractivity contribution in [1.29, 1.82) is 0 Å². The van der Waals surface area contributed by atoms with Crippen LogP contribution in [0.15, 0.2) is 40.2 Å². The second kappa shape index (κ2) is 12.3. The van der Waals surface area contributed by atoms with Gasteiger partial charge in [-0.2, -0.15) is 11.8 Å². The van der Waals surface area contributed by atoms with Crippen LogP contribution in [0.25, 0.3) is 0 Å². The largest absolute Gasteiger partial charge is 0.357 e. The van der Waals surface area contributed by atoms with Crippen LogP contribution < -0.4 is 10.6 Å². The lowest BCUT2D eigenvalue weighted by Crippen LogP contribution is -2.38. The molecule has 1 aliphatic rings. The Bertz CT molecular complexity index is 478. The molecule has 0 heterocycles. The molecule has 0 amide bonds. The summed E-state index contributed by atoms with van der Waals surface area (Å²) in [7, 11) is 0. The van der Waals surface area contributed by atoms with Gasteiger partial charge in [0, 0.05) is 22.7 Å². The molecule has 2 N–H and O–H groups in total. The summed E-state index contributed by atoms with van der Waals surface area (Å²) in [5.41, 5.74) is 0. The summed E-state index contributed by atoms with van der Waals surface area (Å²) >= 11 is 3.90. The van der Waals surface area contributed by atoms with E-state index in [1.807, 2.05) is 23.5 Å². The number of benzene rings is 1. The van der Waals surface area contributed by atoms with Crippen LogP contribution in [0.4, 0.5) is 0 Å². The summed E-state index contributed by atoms with van der Waals surface area (Å²) in [6.07, 6.45) is 7.17. The third kappa shape index (κ3) is 8.34. The Morgan fingerprint density at radius 3 is 2.54 bits per heavy atom. The highest BCUT2D eigenvalue weighted by molar-refractivity contribution is 14.0. The number of guanidine groups is 1. The summed E-state index contributed by atoms with van der Waals surface area (Å²) < 4.78 is 0.322. The van der Waals surface area contributed by atoms with Crippen molar-refractivity contribution >= 4 is 53.5 Å². The summed E-state index contributed by atoms with van der Waals surface area (Å²) in [4.78, 5) is 6.19. The van der Waals surface area contributed by atoms with E-state index in [2.05, 4.69) is 54.1 Å². The summed E-state index contributed by atoms with van der Waals surface area (Å²) in [5.74, 6) is 2.21. The molecule has 1 aromatic carbocycles. The predicted octanol–water partition coefficient (Wildman–Crippen LogP) is 4.63. The van der Waals surface area contributed by atoms with Gasteiger partial charge < -0.3 is 10.6 Å². The van der Waals surface area contributed by atoms with Crippen LogP contribution in [-0.2, 0) is 0 Å². The van der Waals surface area contributed by atoms with Gasteiger partial charge in [0.1, 0.15) is 0 Å². The van der Waals surface area contributed by atoms with Crippen LogP contribution in [0.5, 0.6) is 0 Å². The second-order valence-corrected chi connectivity index (χ2v) is 8.45. The molecule has 136 valence electrons. The molecule has 0 aromatic heterocycles. The first-order valence-electron chi connectivity index (χ1n) is 8.53. The lowest BCUT2D eigenvalue weighted by atomic mass is 10.3. The second-order valence-electron chi connectivity index (χ2n) is 5.92. The maximum Gasteiger partial charge on any atom is 0.191 e. The molecule has 1 aliphatic carbocycles. The minimum absolute atomic E-state index is 0. The molecule has 6 heteroatoms. The Morgan fingerprint density at radius 2 is 1.92 bits per heavy atom. The number of nitrogens with zero attached hydrogens (tertiary/aromatic N) is 1. The molecule has 0 unspecified atom stereocenters. The van der Waals surface area contributed by atoms with Crippen LogP contribution in [0.2, 0.25) is 0 Å². The van der Waals surface area contributed by atoms with Crippen molar-refractivity contribution in [3.63, 3.8) is 0 Å². The number of aliphatic imine (C=N–C) groups is 1. The average molecular weight is 479 g/mol. The van der Waals surface area contributed by atoms with Crippen molar-refractivity contribution < 1.29 is 0 Å². The van der Waals surface area contributed by atoms with E-state index in [4.69, 9.17) is 4.99 Å². The zero-order valence-corrected chi connectivity index (χ0v) is 18.7. The highest BCUT2D eigenvalue weighted by atomic mass is 127. The van der Waals surface area contributed by atoms with E-state index in [-0.39, 0.29) is 24.0 Å². The van der Waals surface area contributed by atoms with Crippen molar-refractivity contribution in [1.82, 2.24) is 10.6 Å². The Kier molecular flexibility index (Phi) is 11.3. The fourth-order valence-electron chi connectivity index (χ4n) is 2.31. The van der Waals surface area contributed by atoms with E-state index in [0.717, 1.165) is 25.6 Å². The molecular formula is C18H30IN3S2. The Labute approximate surface area is 172 Å². The van der Waals surface area contributed by atoms with E-state index in [9.17, 15) is 0 Å². The number of thioether (sulfide) groups is 2. The number of nitrogens with one attached hydrogen (secondary N) is 2. The zero-order valence-electron chi connectivity index (χ0n) is 14.7. The molecule has 0 bridgehead atoms. The highest BCUT2D eigenvalue weighted by Gasteiger charge is 2.43. The molecule has 24 heavy (non-hydrogen) atoms. The van der Waals surface area contributed by atoms with Gasteiger partial charge in [0.15, 0.2) is 5.96 Å². The van der Waals surface area contributed by atoms with Gasteiger partial charge in [-0.3, -0.25) is 4.99 Å². The lowest BCUT2D eigenvalue weighted by Gasteiger charge is -2.15. The number of hydrogen-bond acceptors (Lipinski definition) is 3. The van der Waals surface area contributed by atoms with Crippen molar-refractivity contribution in [2.45, 2.75) is 42.2 Å². The molecule has 2 rings (SSSR count). The van der Waals surface area contributed by atoms with E-state index >= 15 is 0 Å². The van der Waals surface area contributed by atoms with E-state index in [1.165, 1.54) is 36.3 Å². The standard InChI is InChI=1S/C18H29N3S2.HI/c1-3-19-17(20-13-7-8-14-22-2)21-15-18(11-12-18)23-16-9-5-4-6-10-16;/h4-6,9-10H,3,7-8,11-15H2,1-2H3,(H2,19,20,21);1H. The normalized spacial score (nSPS) is 15.5. The summed E-state index contributed by atoms with van der Waals surface area (Å²) in [6.45, 7) is 4.93. The highest BCUT2D eigenvalue weighted by Crippen LogP contribution is 2.51. The van der Waals surface area contributed by atoms with Gasteiger partial charge in [-0.25, -0.2) is 0 Å². The van der Waals surface area contributed by atoms with Crippen molar-refractivity contribution in [3.8, 4) is 0 Å². The van der Waals surface area contributed by atoms with Crippen LogP contribution in [-0.4, -0.2) is 42.3 Å². The molecule has 0 atom stereocenters. The molecular weight excluding hydrogens is 449 g/mol. The van der Waals surface area contributed by atoms with E-state index in [0.29, 0.717) is 4.75 Å². The Morgan fingerprint density at radius 1 is 1.17 bits per heavy atom. The van der Waals surface area contributed by atoms with Gasteiger partial charge in [-0.15, -0.1) is 35.7 Å². The Hall–Kier alpha value is -0.0800. The third-order valence-electron chi connectivity index (χ3n) is 3.82. The molecule has 0 aliphatic heterocycles. The first-order valence-corrected chi connectivity index (χ1v) is 10.7. The quantitative estimate of drug-likeness (QED) is 0.222. The number of halogens is 1. The number of rotatable bonds is 10. The minimum Gasteiger partial charge on any atom is -0.357 e. The fourth-order valence-corrected chi connectivity index (χ4v) is 4.03. The molecule has 0 radical (unpaired) electrons. The first kappa shape index (κ1) is 22.0. The van der Waals surface area contributed by atoms with Crippen LogP contribution >= 0.6 is 47.5 Å². The molecule has 0 saturated heterocycles. The minimum atomic E-state index is 0. The average Bonchev–Trinajstić information content (AvgIpc) is 3.33. The molecule has 1 fully saturated rings. The molecule has 1 aromatic rings. The summed E-state index contributed by atoms with van der Waals surface area (Å²) in [5, 5.41) is 6.83. The monoisotopic (exact) mass is 479 g/mol.